The molecule has 0 saturated carbocycles. The number of hydrogen-bond donors (Lipinski definition) is 1. The van der Waals surface area contributed by atoms with E-state index in [0.29, 0.717) is 44.9 Å². The maximum atomic E-state index is 12.3. The van der Waals surface area contributed by atoms with E-state index in [4.69, 9.17) is 4.42 Å². The summed E-state index contributed by atoms with van der Waals surface area (Å²) in [7, 11) is 0. The van der Waals surface area contributed by atoms with Crippen molar-refractivity contribution in [3.8, 4) is 0 Å². The maximum absolute atomic E-state index is 12.3. The Kier molecular flexibility index (Phi) is 5.15. The van der Waals surface area contributed by atoms with Crippen molar-refractivity contribution in [3.63, 3.8) is 0 Å². The molecule has 0 spiro atoms. The van der Waals surface area contributed by atoms with Crippen LogP contribution in [0.4, 0.5) is 5.69 Å². The molecule has 0 atom stereocenters. The zero-order valence-electron chi connectivity index (χ0n) is 13.5. The lowest BCUT2D eigenvalue weighted by molar-refractivity contribution is -0.132. The molecular weight excluding hydrogens is 306 g/mol. The average Bonchev–Trinajstić information content (AvgIpc) is 3.17. The predicted molar refractivity (Wildman–Crippen MR) is 90.7 cm³/mol. The van der Waals surface area contributed by atoms with Gasteiger partial charge in [0.05, 0.1) is 6.26 Å². The van der Waals surface area contributed by atoms with Crippen LogP contribution in [-0.4, -0.2) is 54.3 Å². The van der Waals surface area contributed by atoms with Gasteiger partial charge in [-0.2, -0.15) is 0 Å². The number of carbonyl (C=O) groups excluding carboxylic acids is 2. The molecule has 3 rings (SSSR count). The van der Waals surface area contributed by atoms with Crippen molar-refractivity contribution >= 4 is 17.5 Å². The van der Waals surface area contributed by atoms with Gasteiger partial charge >= 0.3 is 0 Å². The number of benzene rings is 1. The van der Waals surface area contributed by atoms with Gasteiger partial charge in [0, 0.05) is 44.8 Å². The van der Waals surface area contributed by atoms with E-state index in [0.717, 1.165) is 5.69 Å². The van der Waals surface area contributed by atoms with Crippen LogP contribution < -0.4 is 5.32 Å². The minimum atomic E-state index is -0.113. The van der Waals surface area contributed by atoms with E-state index in [1.165, 1.54) is 6.26 Å². The Balaban J connectivity index is 1.41. The van der Waals surface area contributed by atoms with Crippen molar-refractivity contribution in [1.82, 2.24) is 9.80 Å². The Bertz CT molecular complexity index is 662. The van der Waals surface area contributed by atoms with Crippen molar-refractivity contribution in [2.45, 2.75) is 6.42 Å². The first-order valence-corrected chi connectivity index (χ1v) is 8.13. The summed E-state index contributed by atoms with van der Waals surface area (Å²) >= 11 is 0. The van der Waals surface area contributed by atoms with Crippen LogP contribution in [0.5, 0.6) is 0 Å². The minimum Gasteiger partial charge on any atom is -0.459 e. The molecule has 1 aliphatic rings. The molecule has 0 unspecified atom stereocenters. The quantitative estimate of drug-likeness (QED) is 0.913. The predicted octanol–water partition coefficient (Wildman–Crippen LogP) is 2.07. The van der Waals surface area contributed by atoms with Crippen LogP contribution in [0.15, 0.2) is 53.1 Å². The molecule has 1 aromatic heterocycles. The number of anilines is 1. The van der Waals surface area contributed by atoms with Gasteiger partial charge in [-0.15, -0.1) is 0 Å². The number of hydrogen-bond acceptors (Lipinski definition) is 4. The lowest BCUT2D eigenvalue weighted by Gasteiger charge is -2.34. The second-order valence-corrected chi connectivity index (χ2v) is 5.69. The third-order valence-corrected chi connectivity index (χ3v) is 4.09. The molecule has 2 amide bonds. The molecule has 1 N–H and O–H groups in total. The fourth-order valence-electron chi connectivity index (χ4n) is 2.74. The first-order valence-electron chi connectivity index (χ1n) is 8.13. The summed E-state index contributed by atoms with van der Waals surface area (Å²) in [5.41, 5.74) is 1.01. The number of nitrogens with one attached hydrogen (secondary N) is 1. The van der Waals surface area contributed by atoms with Gasteiger partial charge in [-0.25, -0.2) is 0 Å². The third kappa shape index (κ3) is 3.95. The molecule has 6 heteroatoms. The molecule has 1 aromatic carbocycles. The van der Waals surface area contributed by atoms with Crippen molar-refractivity contribution in [1.29, 1.82) is 0 Å². The van der Waals surface area contributed by atoms with E-state index in [1.54, 1.807) is 17.0 Å². The molecule has 2 aromatic rings. The van der Waals surface area contributed by atoms with Crippen LogP contribution in [-0.2, 0) is 4.79 Å². The van der Waals surface area contributed by atoms with E-state index in [1.807, 2.05) is 35.2 Å². The highest BCUT2D eigenvalue weighted by Crippen LogP contribution is 2.10. The van der Waals surface area contributed by atoms with Gasteiger partial charge in [0.1, 0.15) is 0 Å². The summed E-state index contributed by atoms with van der Waals surface area (Å²) in [6, 6.07) is 13.2. The number of para-hydroxylation sites is 1. The summed E-state index contributed by atoms with van der Waals surface area (Å²) in [5, 5.41) is 3.24. The molecule has 24 heavy (non-hydrogen) atoms. The van der Waals surface area contributed by atoms with Gasteiger partial charge in [-0.1, -0.05) is 18.2 Å². The highest BCUT2D eigenvalue weighted by atomic mass is 16.3. The number of furan rings is 1. The van der Waals surface area contributed by atoms with E-state index < -0.39 is 0 Å². The van der Waals surface area contributed by atoms with Crippen LogP contribution >= 0.6 is 0 Å². The summed E-state index contributed by atoms with van der Waals surface area (Å²) in [6.45, 7) is 2.82. The Labute approximate surface area is 141 Å². The lowest BCUT2D eigenvalue weighted by atomic mass is 10.2. The number of carbonyl (C=O) groups is 2. The Morgan fingerprint density at radius 2 is 1.67 bits per heavy atom. The maximum Gasteiger partial charge on any atom is 0.289 e. The van der Waals surface area contributed by atoms with Crippen molar-refractivity contribution in [2.75, 3.05) is 38.0 Å². The first kappa shape index (κ1) is 16.1. The van der Waals surface area contributed by atoms with Gasteiger partial charge in [-0.3, -0.25) is 9.59 Å². The zero-order chi connectivity index (χ0) is 16.8. The topological polar surface area (TPSA) is 65.8 Å². The molecule has 0 aliphatic carbocycles. The Hall–Kier alpha value is -2.76. The molecule has 126 valence electrons. The second kappa shape index (κ2) is 7.68. The summed E-state index contributed by atoms with van der Waals surface area (Å²) in [6.07, 6.45) is 1.94. The summed E-state index contributed by atoms with van der Waals surface area (Å²) < 4.78 is 5.14. The van der Waals surface area contributed by atoms with Gasteiger partial charge < -0.3 is 19.5 Å². The van der Waals surface area contributed by atoms with Crippen LogP contribution in [0.3, 0.4) is 0 Å². The minimum absolute atomic E-state index is 0.113. The summed E-state index contributed by atoms with van der Waals surface area (Å²) in [4.78, 5) is 28.0. The van der Waals surface area contributed by atoms with E-state index >= 15 is 0 Å². The van der Waals surface area contributed by atoms with Gasteiger partial charge in [0.15, 0.2) is 5.76 Å². The van der Waals surface area contributed by atoms with Crippen LogP contribution in [0.25, 0.3) is 0 Å². The van der Waals surface area contributed by atoms with Crippen molar-refractivity contribution < 1.29 is 14.0 Å². The monoisotopic (exact) mass is 327 g/mol. The lowest BCUT2D eigenvalue weighted by Crippen LogP contribution is -2.50. The molecule has 0 bridgehead atoms. The van der Waals surface area contributed by atoms with Crippen LogP contribution in [0.2, 0.25) is 0 Å². The second-order valence-electron chi connectivity index (χ2n) is 5.69. The van der Waals surface area contributed by atoms with Gasteiger partial charge in [0.25, 0.3) is 5.91 Å². The zero-order valence-corrected chi connectivity index (χ0v) is 13.5. The molecule has 1 fully saturated rings. The molecular formula is C18H21N3O3. The first-order chi connectivity index (χ1) is 11.7. The number of rotatable bonds is 5. The molecule has 1 saturated heterocycles. The number of nitrogens with zero attached hydrogens (tertiary/aromatic N) is 2. The normalized spacial score (nSPS) is 14.5. The highest BCUT2D eigenvalue weighted by Gasteiger charge is 2.25. The third-order valence-electron chi connectivity index (χ3n) is 4.09. The molecule has 2 heterocycles. The molecule has 6 nitrogen and oxygen atoms in total. The number of amides is 2. The standard InChI is InChI=1S/C18H21N3O3/c22-17(8-9-19-15-5-2-1-3-6-15)20-10-12-21(13-11-20)18(23)16-7-4-14-24-16/h1-7,14,19H,8-13H2. The smallest absolute Gasteiger partial charge is 0.289 e. The van der Waals surface area contributed by atoms with Crippen LogP contribution in [0, 0.1) is 0 Å². The van der Waals surface area contributed by atoms with E-state index in [9.17, 15) is 9.59 Å². The SMILES string of the molecule is O=C(CCNc1ccccc1)N1CCN(C(=O)c2ccco2)CC1. The van der Waals surface area contributed by atoms with Crippen molar-refractivity contribution in [2.24, 2.45) is 0 Å². The van der Waals surface area contributed by atoms with Crippen LogP contribution in [0.1, 0.15) is 17.0 Å². The largest absolute Gasteiger partial charge is 0.459 e. The summed E-state index contributed by atoms with van der Waals surface area (Å²) in [5.74, 6) is 0.350. The van der Waals surface area contributed by atoms with E-state index in [2.05, 4.69) is 5.32 Å². The van der Waals surface area contributed by atoms with Gasteiger partial charge in [0.2, 0.25) is 5.91 Å². The number of piperazine rings is 1. The molecule has 0 radical (unpaired) electrons. The fourth-order valence-corrected chi connectivity index (χ4v) is 2.74. The Morgan fingerprint density at radius 1 is 0.958 bits per heavy atom. The van der Waals surface area contributed by atoms with Gasteiger partial charge in [-0.05, 0) is 24.3 Å². The van der Waals surface area contributed by atoms with E-state index in [-0.39, 0.29) is 11.8 Å². The fraction of sp³-hybridized carbons (Fsp3) is 0.333. The highest BCUT2D eigenvalue weighted by molar-refractivity contribution is 5.91. The Morgan fingerprint density at radius 3 is 2.33 bits per heavy atom. The van der Waals surface area contributed by atoms with Crippen molar-refractivity contribution in [3.05, 3.63) is 54.5 Å². The average molecular weight is 327 g/mol. The molecule has 1 aliphatic heterocycles.